The third-order valence-electron chi connectivity index (χ3n) is 1.72. The Labute approximate surface area is 88.2 Å². The Morgan fingerprint density at radius 3 is 2.53 bits per heavy atom. The SMILES string of the molecule is C=C(OCC)c1cnc(C(=O)NC)cn1. The van der Waals surface area contributed by atoms with Crippen molar-refractivity contribution in [1.82, 2.24) is 15.3 Å². The van der Waals surface area contributed by atoms with Gasteiger partial charge in [0.25, 0.3) is 5.91 Å². The number of nitrogens with one attached hydrogen (secondary N) is 1. The Balaban J connectivity index is 2.80. The van der Waals surface area contributed by atoms with E-state index in [0.717, 1.165) is 0 Å². The summed E-state index contributed by atoms with van der Waals surface area (Å²) in [6.07, 6.45) is 2.85. The van der Waals surface area contributed by atoms with Crippen molar-refractivity contribution in [3.8, 4) is 0 Å². The zero-order valence-corrected chi connectivity index (χ0v) is 8.78. The van der Waals surface area contributed by atoms with Crippen LogP contribution in [-0.2, 0) is 4.74 Å². The Morgan fingerprint density at radius 2 is 2.07 bits per heavy atom. The lowest BCUT2D eigenvalue weighted by molar-refractivity contribution is 0.0957. The summed E-state index contributed by atoms with van der Waals surface area (Å²) in [5.74, 6) is 0.185. The lowest BCUT2D eigenvalue weighted by Crippen LogP contribution is -2.19. The molecule has 0 spiro atoms. The molecule has 0 fully saturated rings. The number of hydrogen-bond donors (Lipinski definition) is 1. The molecule has 1 rings (SSSR count). The van der Waals surface area contributed by atoms with Crippen LogP contribution in [0.4, 0.5) is 0 Å². The molecule has 0 bridgehead atoms. The van der Waals surface area contributed by atoms with Crippen LogP contribution in [0.1, 0.15) is 23.1 Å². The molecule has 0 radical (unpaired) electrons. The van der Waals surface area contributed by atoms with Crippen LogP contribution in [0.15, 0.2) is 19.0 Å². The van der Waals surface area contributed by atoms with Crippen LogP contribution in [0.3, 0.4) is 0 Å². The van der Waals surface area contributed by atoms with Gasteiger partial charge in [0.05, 0.1) is 19.0 Å². The average Bonchev–Trinajstić information content (AvgIpc) is 2.28. The fourth-order valence-corrected chi connectivity index (χ4v) is 0.966. The smallest absolute Gasteiger partial charge is 0.271 e. The van der Waals surface area contributed by atoms with Crippen LogP contribution in [0.25, 0.3) is 5.76 Å². The van der Waals surface area contributed by atoms with Gasteiger partial charge in [-0.3, -0.25) is 4.79 Å². The van der Waals surface area contributed by atoms with Crippen molar-refractivity contribution in [3.63, 3.8) is 0 Å². The van der Waals surface area contributed by atoms with Crippen molar-refractivity contribution in [2.24, 2.45) is 0 Å². The zero-order valence-electron chi connectivity index (χ0n) is 8.78. The van der Waals surface area contributed by atoms with Crippen molar-refractivity contribution in [2.45, 2.75) is 6.92 Å². The molecule has 15 heavy (non-hydrogen) atoms. The van der Waals surface area contributed by atoms with Gasteiger partial charge in [-0.25, -0.2) is 9.97 Å². The summed E-state index contributed by atoms with van der Waals surface area (Å²) in [7, 11) is 1.54. The van der Waals surface area contributed by atoms with Gasteiger partial charge in [-0.05, 0) is 6.92 Å². The number of amides is 1. The molecular formula is C10H13N3O2. The van der Waals surface area contributed by atoms with Crippen LogP contribution in [0, 0.1) is 0 Å². The number of rotatable bonds is 4. The topological polar surface area (TPSA) is 64.1 Å². The standard InChI is InChI=1S/C10H13N3O2/c1-4-15-7(2)8-5-13-9(6-12-8)10(14)11-3/h5-6H,2,4H2,1,3H3,(H,11,14). The quantitative estimate of drug-likeness (QED) is 0.743. The number of nitrogens with zero attached hydrogens (tertiary/aromatic N) is 2. The monoisotopic (exact) mass is 207 g/mol. The van der Waals surface area contributed by atoms with E-state index in [0.29, 0.717) is 18.1 Å². The van der Waals surface area contributed by atoms with Crippen LogP contribution < -0.4 is 5.32 Å². The average molecular weight is 207 g/mol. The molecule has 5 heteroatoms. The maximum absolute atomic E-state index is 11.2. The summed E-state index contributed by atoms with van der Waals surface area (Å²) in [6.45, 7) is 6.07. The highest BCUT2D eigenvalue weighted by molar-refractivity contribution is 5.91. The molecule has 0 aliphatic heterocycles. The van der Waals surface area contributed by atoms with Crippen LogP contribution >= 0.6 is 0 Å². The Morgan fingerprint density at radius 1 is 1.47 bits per heavy atom. The van der Waals surface area contributed by atoms with Gasteiger partial charge in [-0.2, -0.15) is 0 Å². The van der Waals surface area contributed by atoms with E-state index in [2.05, 4.69) is 21.9 Å². The van der Waals surface area contributed by atoms with Crippen LogP contribution in [-0.4, -0.2) is 29.5 Å². The molecule has 0 saturated heterocycles. The minimum absolute atomic E-state index is 0.268. The van der Waals surface area contributed by atoms with Crippen molar-refractivity contribution in [1.29, 1.82) is 0 Å². The molecule has 1 aromatic rings. The largest absolute Gasteiger partial charge is 0.492 e. The van der Waals surface area contributed by atoms with Gasteiger partial charge in [0, 0.05) is 7.05 Å². The molecule has 1 heterocycles. The summed E-state index contributed by atoms with van der Waals surface area (Å²) in [5, 5.41) is 2.46. The van der Waals surface area contributed by atoms with E-state index in [1.54, 1.807) is 0 Å². The molecule has 0 saturated carbocycles. The molecule has 0 atom stereocenters. The van der Waals surface area contributed by atoms with Crippen LogP contribution in [0.2, 0.25) is 0 Å². The molecule has 80 valence electrons. The normalized spacial score (nSPS) is 9.47. The minimum atomic E-state index is -0.268. The highest BCUT2D eigenvalue weighted by Crippen LogP contribution is 2.08. The number of ether oxygens (including phenoxy) is 1. The molecule has 0 aromatic carbocycles. The number of hydrogen-bond acceptors (Lipinski definition) is 4. The Kier molecular flexibility index (Phi) is 3.79. The second-order valence-electron chi connectivity index (χ2n) is 2.72. The number of aromatic nitrogens is 2. The van der Waals surface area contributed by atoms with E-state index in [1.807, 2.05) is 6.92 Å². The zero-order chi connectivity index (χ0) is 11.3. The van der Waals surface area contributed by atoms with Gasteiger partial charge in [0.2, 0.25) is 0 Å². The molecule has 0 unspecified atom stereocenters. The highest BCUT2D eigenvalue weighted by atomic mass is 16.5. The third-order valence-corrected chi connectivity index (χ3v) is 1.72. The minimum Gasteiger partial charge on any atom is -0.492 e. The lowest BCUT2D eigenvalue weighted by atomic mass is 10.3. The Hall–Kier alpha value is -1.91. The number of carbonyl (C=O) groups is 1. The van der Waals surface area contributed by atoms with Crippen molar-refractivity contribution in [3.05, 3.63) is 30.4 Å². The lowest BCUT2D eigenvalue weighted by Gasteiger charge is -2.05. The van der Waals surface area contributed by atoms with Crippen molar-refractivity contribution < 1.29 is 9.53 Å². The first-order valence-electron chi connectivity index (χ1n) is 4.55. The van der Waals surface area contributed by atoms with E-state index in [9.17, 15) is 4.79 Å². The van der Waals surface area contributed by atoms with Crippen molar-refractivity contribution >= 4 is 11.7 Å². The summed E-state index contributed by atoms with van der Waals surface area (Å²) >= 11 is 0. The molecule has 0 aliphatic carbocycles. The van der Waals surface area contributed by atoms with E-state index in [-0.39, 0.29) is 11.6 Å². The molecule has 1 N–H and O–H groups in total. The van der Waals surface area contributed by atoms with Gasteiger partial charge in [0.1, 0.15) is 17.1 Å². The van der Waals surface area contributed by atoms with E-state index in [4.69, 9.17) is 4.74 Å². The first-order valence-corrected chi connectivity index (χ1v) is 4.55. The summed E-state index contributed by atoms with van der Waals surface area (Å²) in [5.41, 5.74) is 0.801. The van der Waals surface area contributed by atoms with Gasteiger partial charge < -0.3 is 10.1 Å². The predicted molar refractivity (Wildman–Crippen MR) is 56.1 cm³/mol. The van der Waals surface area contributed by atoms with Crippen molar-refractivity contribution in [2.75, 3.05) is 13.7 Å². The van der Waals surface area contributed by atoms with E-state index >= 15 is 0 Å². The van der Waals surface area contributed by atoms with Crippen LogP contribution in [0.5, 0.6) is 0 Å². The second kappa shape index (κ2) is 5.09. The first kappa shape index (κ1) is 11.2. The third kappa shape index (κ3) is 2.77. The fourth-order valence-electron chi connectivity index (χ4n) is 0.966. The maximum atomic E-state index is 11.2. The van der Waals surface area contributed by atoms with Gasteiger partial charge in [-0.1, -0.05) is 6.58 Å². The van der Waals surface area contributed by atoms with Gasteiger partial charge in [0.15, 0.2) is 0 Å². The first-order chi connectivity index (χ1) is 7.19. The summed E-state index contributed by atoms with van der Waals surface area (Å²) in [6, 6.07) is 0. The molecule has 1 amide bonds. The van der Waals surface area contributed by atoms with E-state index in [1.165, 1.54) is 19.4 Å². The Bertz CT molecular complexity index is 359. The fraction of sp³-hybridized carbons (Fsp3) is 0.300. The molecular weight excluding hydrogens is 194 g/mol. The number of carbonyl (C=O) groups excluding carboxylic acids is 1. The van der Waals surface area contributed by atoms with Gasteiger partial charge in [-0.15, -0.1) is 0 Å². The second-order valence-corrected chi connectivity index (χ2v) is 2.72. The highest BCUT2D eigenvalue weighted by Gasteiger charge is 2.06. The molecule has 5 nitrogen and oxygen atoms in total. The maximum Gasteiger partial charge on any atom is 0.271 e. The van der Waals surface area contributed by atoms with E-state index < -0.39 is 0 Å². The summed E-state index contributed by atoms with van der Waals surface area (Å²) < 4.78 is 5.16. The molecule has 0 aliphatic rings. The molecule has 1 aromatic heterocycles. The van der Waals surface area contributed by atoms with Gasteiger partial charge >= 0.3 is 0 Å². The summed E-state index contributed by atoms with van der Waals surface area (Å²) in [4.78, 5) is 19.1. The predicted octanol–water partition coefficient (Wildman–Crippen LogP) is 0.843.